The van der Waals surface area contributed by atoms with Crippen molar-refractivity contribution in [1.29, 1.82) is 10.5 Å². The highest BCUT2D eigenvalue weighted by Gasteiger charge is 2.25. The summed E-state index contributed by atoms with van der Waals surface area (Å²) in [6, 6.07) is 118. The Morgan fingerprint density at radius 1 is 0.265 bits per heavy atom. The lowest BCUT2D eigenvalue weighted by molar-refractivity contribution is 1.07. The average molecular weight is 1250 g/mol. The maximum Gasteiger partial charge on any atom is 0.187 e. The number of fused-ring (bicyclic) bond motifs is 6. The van der Waals surface area contributed by atoms with Crippen molar-refractivity contribution in [1.82, 2.24) is 24.1 Å². The van der Waals surface area contributed by atoms with Gasteiger partial charge in [0, 0.05) is 55.2 Å². The molecule has 0 atom stereocenters. The first-order chi connectivity index (χ1) is 48.4. The van der Waals surface area contributed by atoms with E-state index in [2.05, 4.69) is 232 Å². The van der Waals surface area contributed by atoms with Crippen LogP contribution in [0, 0.1) is 29.2 Å². The van der Waals surface area contributed by atoms with Gasteiger partial charge in [0.2, 0.25) is 0 Å². The molecular formula is C90H54N8. The fraction of sp³-hybridized carbons (Fsp3) is 0. The Bertz CT molecular complexity index is 5630. The summed E-state index contributed by atoms with van der Waals surface area (Å²) >= 11 is 0. The van der Waals surface area contributed by atoms with Crippen LogP contribution in [0.2, 0.25) is 0 Å². The summed E-state index contributed by atoms with van der Waals surface area (Å²) in [6.45, 7) is 8.22. The van der Waals surface area contributed by atoms with E-state index in [1.54, 1.807) is 0 Å². The van der Waals surface area contributed by atoms with Crippen LogP contribution < -0.4 is 0 Å². The molecule has 0 aliphatic rings. The third kappa shape index (κ3) is 10.4. The van der Waals surface area contributed by atoms with Gasteiger partial charge in [0.25, 0.3) is 0 Å². The second-order valence-corrected chi connectivity index (χ2v) is 24.4. The number of nitrogens with zero attached hydrogens (tertiary/aromatic N) is 8. The molecule has 17 aromatic rings. The van der Waals surface area contributed by atoms with Crippen LogP contribution in [0.4, 0.5) is 5.69 Å². The Labute approximate surface area is 566 Å². The third-order valence-corrected chi connectivity index (χ3v) is 18.7. The highest BCUT2D eigenvalue weighted by molar-refractivity contribution is 6.13. The molecule has 0 amide bonds. The maximum atomic E-state index is 10.7. The number of benzene rings is 14. The molecule has 454 valence electrons. The van der Waals surface area contributed by atoms with Crippen LogP contribution in [0.15, 0.2) is 328 Å². The van der Waals surface area contributed by atoms with Gasteiger partial charge in [0.1, 0.15) is 0 Å². The summed E-state index contributed by atoms with van der Waals surface area (Å²) < 4.78 is 4.66. The van der Waals surface area contributed by atoms with Gasteiger partial charge in [-0.25, -0.2) is 19.8 Å². The fourth-order valence-electron chi connectivity index (χ4n) is 14.0. The van der Waals surface area contributed by atoms with Crippen molar-refractivity contribution in [3.05, 3.63) is 350 Å². The molecule has 0 fully saturated rings. The van der Waals surface area contributed by atoms with E-state index >= 15 is 0 Å². The van der Waals surface area contributed by atoms with Gasteiger partial charge in [-0.15, -0.1) is 0 Å². The highest BCUT2D eigenvalue weighted by atomic mass is 15.0. The van der Waals surface area contributed by atoms with Gasteiger partial charge >= 0.3 is 0 Å². The van der Waals surface area contributed by atoms with E-state index in [0.29, 0.717) is 51.0 Å². The summed E-state index contributed by atoms with van der Waals surface area (Å²) in [5.74, 6) is 1.12. The van der Waals surface area contributed by atoms with Crippen LogP contribution in [-0.2, 0) is 0 Å². The molecule has 0 radical (unpaired) electrons. The molecule has 3 aromatic heterocycles. The van der Waals surface area contributed by atoms with Gasteiger partial charge in [0.15, 0.2) is 23.2 Å². The first-order valence-corrected chi connectivity index (χ1v) is 32.4. The predicted molar refractivity (Wildman–Crippen MR) is 399 cm³/mol. The third-order valence-electron chi connectivity index (χ3n) is 18.7. The van der Waals surface area contributed by atoms with Crippen molar-refractivity contribution >= 4 is 49.3 Å². The monoisotopic (exact) mass is 1250 g/mol. The van der Waals surface area contributed by atoms with Gasteiger partial charge in [-0.3, -0.25) is 0 Å². The molecular weight excluding hydrogens is 1190 g/mol. The lowest BCUT2D eigenvalue weighted by Gasteiger charge is -2.18. The maximum absolute atomic E-state index is 10.7. The normalized spacial score (nSPS) is 11.2. The van der Waals surface area contributed by atoms with E-state index in [-0.39, 0.29) is 0 Å². The van der Waals surface area contributed by atoms with E-state index in [1.165, 1.54) is 0 Å². The second-order valence-electron chi connectivity index (χ2n) is 24.4. The predicted octanol–water partition coefficient (Wildman–Crippen LogP) is 23.0. The summed E-state index contributed by atoms with van der Waals surface area (Å²) in [4.78, 5) is 20.9. The molecule has 8 nitrogen and oxygen atoms in total. The van der Waals surface area contributed by atoms with Crippen molar-refractivity contribution in [3.8, 4) is 136 Å². The Kier molecular flexibility index (Phi) is 14.5. The second kappa shape index (κ2) is 24.6. The van der Waals surface area contributed by atoms with Crippen LogP contribution >= 0.6 is 0 Å². The largest absolute Gasteiger partial charge is 0.309 e. The van der Waals surface area contributed by atoms with Crippen molar-refractivity contribution in [2.24, 2.45) is 0 Å². The number of rotatable bonds is 12. The Hall–Kier alpha value is -13.8. The lowest BCUT2D eigenvalue weighted by atomic mass is 9.94. The first-order valence-electron chi connectivity index (χ1n) is 32.4. The van der Waals surface area contributed by atoms with E-state index in [0.717, 1.165) is 133 Å². The van der Waals surface area contributed by atoms with E-state index < -0.39 is 0 Å². The topological polar surface area (TPSA) is 100 Å². The van der Waals surface area contributed by atoms with Crippen LogP contribution in [-0.4, -0.2) is 24.1 Å². The number of hydrogen-bond donors (Lipinski definition) is 0. The summed E-state index contributed by atoms with van der Waals surface area (Å²) in [6.07, 6.45) is 0. The summed E-state index contributed by atoms with van der Waals surface area (Å²) in [5.41, 5.74) is 23.0. The molecule has 3 heterocycles. The zero-order valence-corrected chi connectivity index (χ0v) is 52.8. The van der Waals surface area contributed by atoms with Gasteiger partial charge < -0.3 is 9.13 Å². The van der Waals surface area contributed by atoms with Crippen LogP contribution in [0.25, 0.3) is 172 Å². The van der Waals surface area contributed by atoms with Crippen LogP contribution in [0.3, 0.4) is 0 Å². The van der Waals surface area contributed by atoms with Crippen molar-refractivity contribution in [3.63, 3.8) is 0 Å². The molecule has 0 spiro atoms. The van der Waals surface area contributed by atoms with Gasteiger partial charge in [0.05, 0.1) is 51.9 Å². The Morgan fingerprint density at radius 2 is 0.633 bits per heavy atom. The minimum Gasteiger partial charge on any atom is -0.309 e. The standard InChI is InChI=1S/C90H54N8/c1-93-70-32-19-31-68(49-70)75-43-41-72(98-86-46-38-65(61-25-10-4-11-26-61)52-80(86)81-53-66(39-47-87(81)98)62-27-12-5-13-28-62)55-83(75)90-95-88(77-35-17-16-34-76(77)73-33-15-14-29-69(73)57-92)94-89(96-90)82-54-71(40-42-74(82)67-30-18-20-58(48-67)56-91)97-84-44-36-63(59-21-6-2-7-22-59)50-78(84)79-51-64(37-45-85(79)97)60-23-8-3-9-24-60/h2-55H. The molecule has 0 saturated carbocycles. The van der Waals surface area contributed by atoms with Crippen molar-refractivity contribution < 1.29 is 0 Å². The summed E-state index contributed by atoms with van der Waals surface area (Å²) in [5, 5.41) is 25.5. The molecule has 8 heteroatoms. The van der Waals surface area contributed by atoms with E-state index in [9.17, 15) is 10.5 Å². The molecule has 0 aliphatic carbocycles. The molecule has 98 heavy (non-hydrogen) atoms. The average Bonchev–Trinajstić information content (AvgIpc) is 1.67. The Balaban J connectivity index is 0.952. The molecule has 0 bridgehead atoms. The Morgan fingerprint density at radius 3 is 1.05 bits per heavy atom. The molecule has 0 N–H and O–H groups in total. The van der Waals surface area contributed by atoms with Crippen LogP contribution in [0.5, 0.6) is 0 Å². The fourth-order valence-corrected chi connectivity index (χ4v) is 14.0. The molecule has 0 saturated heterocycles. The minimum absolute atomic E-state index is 0.371. The lowest BCUT2D eigenvalue weighted by Crippen LogP contribution is -2.04. The van der Waals surface area contributed by atoms with Crippen molar-refractivity contribution in [2.45, 2.75) is 0 Å². The van der Waals surface area contributed by atoms with Crippen molar-refractivity contribution in [2.75, 3.05) is 0 Å². The number of hydrogen-bond acceptors (Lipinski definition) is 5. The zero-order chi connectivity index (χ0) is 65.6. The minimum atomic E-state index is 0.371. The van der Waals surface area contributed by atoms with E-state index in [1.807, 2.05) is 121 Å². The van der Waals surface area contributed by atoms with Gasteiger partial charge in [-0.2, -0.15) is 10.5 Å². The quantitative estimate of drug-likeness (QED) is 0.113. The first kappa shape index (κ1) is 58.0. The van der Waals surface area contributed by atoms with E-state index in [4.69, 9.17) is 21.5 Å². The molecule has 0 unspecified atom stereocenters. The number of nitriles is 2. The summed E-state index contributed by atoms with van der Waals surface area (Å²) in [7, 11) is 0. The smallest absolute Gasteiger partial charge is 0.187 e. The SMILES string of the molecule is [C-]#[N+]c1cccc(-c2ccc(-n3c4ccc(-c5ccccc5)cc4c4cc(-c5ccccc5)ccc43)cc2-c2nc(-c3cc(-n4c5ccc(-c6ccccc6)cc5c5cc(-c6ccccc6)ccc54)ccc3-c3cccc(C#N)c3)nc(-c3ccccc3-c3ccccc3C#N)n2)c1. The van der Waals surface area contributed by atoms with Gasteiger partial charge in [-0.05, 0) is 169 Å². The molecule has 14 aromatic carbocycles. The van der Waals surface area contributed by atoms with Gasteiger partial charge in [-0.1, -0.05) is 231 Å². The molecule has 0 aliphatic heterocycles. The zero-order valence-electron chi connectivity index (χ0n) is 52.8. The van der Waals surface area contributed by atoms with Crippen LogP contribution in [0.1, 0.15) is 11.1 Å². The highest BCUT2D eigenvalue weighted by Crippen LogP contribution is 2.45. The number of aromatic nitrogens is 5. The molecule has 17 rings (SSSR count).